The molecule has 2 rings (SSSR count). The number of likely N-dealkylation sites (N-methyl/N-ethyl adjacent to an activating group) is 1. The van der Waals surface area contributed by atoms with Crippen LogP contribution in [0.3, 0.4) is 0 Å². The molecule has 0 saturated heterocycles. The van der Waals surface area contributed by atoms with E-state index in [9.17, 15) is 0 Å². The summed E-state index contributed by atoms with van der Waals surface area (Å²) in [5.74, 6) is 0. The molecule has 0 aliphatic rings. The fourth-order valence-corrected chi connectivity index (χ4v) is 1.69. The van der Waals surface area contributed by atoms with E-state index in [4.69, 9.17) is 11.6 Å². The number of halogens is 1. The molecule has 2 aromatic rings. The van der Waals surface area contributed by atoms with Crippen LogP contribution in [0.4, 0.5) is 0 Å². The van der Waals surface area contributed by atoms with E-state index in [0.29, 0.717) is 5.02 Å². The Morgan fingerprint density at radius 2 is 2.31 bits per heavy atom. The average molecular weight is 237 g/mol. The van der Waals surface area contributed by atoms with Gasteiger partial charge >= 0.3 is 0 Å². The van der Waals surface area contributed by atoms with Gasteiger partial charge in [0.25, 0.3) is 0 Å². The van der Waals surface area contributed by atoms with Gasteiger partial charge in [-0.25, -0.2) is 4.68 Å². The van der Waals surface area contributed by atoms with Gasteiger partial charge in [-0.1, -0.05) is 22.9 Å². The molecule has 4 nitrogen and oxygen atoms in total. The van der Waals surface area contributed by atoms with Gasteiger partial charge in [-0.05, 0) is 25.2 Å². The Morgan fingerprint density at radius 1 is 1.44 bits per heavy atom. The van der Waals surface area contributed by atoms with E-state index in [1.54, 1.807) is 6.20 Å². The van der Waals surface area contributed by atoms with Crippen LogP contribution in [0.5, 0.6) is 0 Å². The second-order valence-electron chi connectivity index (χ2n) is 3.47. The Hall–Kier alpha value is -1.39. The molecule has 1 N–H and O–H groups in total. The van der Waals surface area contributed by atoms with Crippen molar-refractivity contribution in [3.63, 3.8) is 0 Å². The summed E-state index contributed by atoms with van der Waals surface area (Å²) in [7, 11) is 1.92. The first-order valence-corrected chi connectivity index (χ1v) is 5.49. The molecular weight excluding hydrogens is 224 g/mol. The molecule has 1 aromatic carbocycles. The zero-order chi connectivity index (χ0) is 11.4. The molecule has 0 saturated carbocycles. The van der Waals surface area contributed by atoms with Gasteiger partial charge in [-0.15, -0.1) is 5.10 Å². The van der Waals surface area contributed by atoms with E-state index in [2.05, 4.69) is 15.6 Å². The molecule has 5 heteroatoms. The van der Waals surface area contributed by atoms with Gasteiger partial charge in [0.2, 0.25) is 0 Å². The summed E-state index contributed by atoms with van der Waals surface area (Å²) < 4.78 is 1.81. The number of aromatic nitrogens is 3. The molecule has 84 valence electrons. The lowest BCUT2D eigenvalue weighted by molar-refractivity contribution is 0.720. The summed E-state index contributed by atoms with van der Waals surface area (Å²) in [6.45, 7) is 0.897. The maximum atomic E-state index is 5.94. The standard InChI is InChI=1S/C11H13ClN4/c1-13-6-5-11-8-14-15-16(11)10-4-2-3-9(12)7-10/h2-4,7-8,13H,5-6H2,1H3. The predicted molar refractivity (Wildman–Crippen MR) is 64.0 cm³/mol. The van der Waals surface area contributed by atoms with Gasteiger partial charge in [0, 0.05) is 18.0 Å². The summed E-state index contributed by atoms with van der Waals surface area (Å²) >= 11 is 5.94. The molecule has 0 spiro atoms. The van der Waals surface area contributed by atoms with Gasteiger partial charge in [-0.2, -0.15) is 0 Å². The van der Waals surface area contributed by atoms with Gasteiger partial charge in [0.05, 0.1) is 17.6 Å². The SMILES string of the molecule is CNCCc1cnnn1-c1cccc(Cl)c1. The first-order chi connectivity index (χ1) is 7.81. The van der Waals surface area contributed by atoms with Crippen LogP contribution in [-0.2, 0) is 6.42 Å². The van der Waals surface area contributed by atoms with Gasteiger partial charge in [0.1, 0.15) is 0 Å². The Bertz CT molecular complexity index is 467. The van der Waals surface area contributed by atoms with Crippen LogP contribution < -0.4 is 5.32 Å². The molecule has 0 aliphatic heterocycles. The monoisotopic (exact) mass is 236 g/mol. The molecule has 0 fully saturated rings. The number of nitrogens with zero attached hydrogens (tertiary/aromatic N) is 3. The fraction of sp³-hybridized carbons (Fsp3) is 0.273. The van der Waals surface area contributed by atoms with Crippen LogP contribution in [0.2, 0.25) is 5.02 Å². The first kappa shape index (κ1) is 11.1. The molecule has 0 bridgehead atoms. The minimum Gasteiger partial charge on any atom is -0.319 e. The summed E-state index contributed by atoms with van der Waals surface area (Å²) in [4.78, 5) is 0. The highest BCUT2D eigenvalue weighted by molar-refractivity contribution is 6.30. The molecule has 1 aromatic heterocycles. The smallest absolute Gasteiger partial charge is 0.0730 e. The number of hydrogen-bond donors (Lipinski definition) is 1. The fourth-order valence-electron chi connectivity index (χ4n) is 1.51. The molecule has 0 atom stereocenters. The van der Waals surface area contributed by atoms with Crippen LogP contribution in [0.1, 0.15) is 5.69 Å². The highest BCUT2D eigenvalue weighted by Crippen LogP contribution is 2.15. The van der Waals surface area contributed by atoms with Crippen molar-refractivity contribution < 1.29 is 0 Å². The summed E-state index contributed by atoms with van der Waals surface area (Å²) in [6.07, 6.45) is 2.66. The lowest BCUT2D eigenvalue weighted by atomic mass is 10.3. The number of benzene rings is 1. The molecular formula is C11H13ClN4. The highest BCUT2D eigenvalue weighted by Gasteiger charge is 2.05. The van der Waals surface area contributed by atoms with Crippen molar-refractivity contribution in [3.05, 3.63) is 41.2 Å². The summed E-state index contributed by atoms with van der Waals surface area (Å²) in [5.41, 5.74) is 2.01. The van der Waals surface area contributed by atoms with Crippen molar-refractivity contribution in [3.8, 4) is 5.69 Å². The second kappa shape index (κ2) is 5.09. The second-order valence-corrected chi connectivity index (χ2v) is 3.91. The zero-order valence-corrected chi connectivity index (χ0v) is 9.78. The van der Waals surface area contributed by atoms with Crippen LogP contribution in [0.25, 0.3) is 5.69 Å². The van der Waals surface area contributed by atoms with E-state index in [1.807, 2.05) is 36.0 Å². The van der Waals surface area contributed by atoms with Gasteiger partial charge < -0.3 is 5.32 Å². The molecule has 0 unspecified atom stereocenters. The minimum atomic E-state index is 0.701. The minimum absolute atomic E-state index is 0.701. The maximum Gasteiger partial charge on any atom is 0.0730 e. The summed E-state index contributed by atoms with van der Waals surface area (Å²) in [5, 5.41) is 11.8. The molecule has 1 heterocycles. The number of rotatable bonds is 4. The Morgan fingerprint density at radius 3 is 3.06 bits per heavy atom. The third-order valence-corrected chi connectivity index (χ3v) is 2.54. The third-order valence-electron chi connectivity index (χ3n) is 2.30. The molecule has 0 amide bonds. The largest absolute Gasteiger partial charge is 0.319 e. The quantitative estimate of drug-likeness (QED) is 0.879. The van der Waals surface area contributed by atoms with Crippen LogP contribution in [-0.4, -0.2) is 28.6 Å². The van der Waals surface area contributed by atoms with E-state index >= 15 is 0 Å². The normalized spacial score (nSPS) is 10.6. The Kier molecular flexibility index (Phi) is 3.54. The lowest BCUT2D eigenvalue weighted by Crippen LogP contribution is -2.13. The topological polar surface area (TPSA) is 42.7 Å². The van der Waals surface area contributed by atoms with E-state index in [0.717, 1.165) is 24.3 Å². The van der Waals surface area contributed by atoms with Gasteiger partial charge in [-0.3, -0.25) is 0 Å². The predicted octanol–water partition coefficient (Wildman–Crippen LogP) is 1.68. The molecule has 0 radical (unpaired) electrons. The third kappa shape index (κ3) is 2.40. The molecule has 0 aliphatic carbocycles. The van der Waals surface area contributed by atoms with Crippen LogP contribution in [0.15, 0.2) is 30.5 Å². The first-order valence-electron chi connectivity index (χ1n) is 5.11. The van der Waals surface area contributed by atoms with Crippen molar-refractivity contribution in [2.75, 3.05) is 13.6 Å². The van der Waals surface area contributed by atoms with Crippen molar-refractivity contribution in [2.24, 2.45) is 0 Å². The van der Waals surface area contributed by atoms with Crippen LogP contribution >= 0.6 is 11.6 Å². The van der Waals surface area contributed by atoms with E-state index < -0.39 is 0 Å². The zero-order valence-electron chi connectivity index (χ0n) is 9.02. The van der Waals surface area contributed by atoms with Crippen molar-refractivity contribution in [2.45, 2.75) is 6.42 Å². The maximum absolute atomic E-state index is 5.94. The lowest BCUT2D eigenvalue weighted by Gasteiger charge is -2.05. The Labute approximate surface area is 99.2 Å². The van der Waals surface area contributed by atoms with Gasteiger partial charge in [0.15, 0.2) is 0 Å². The number of nitrogens with one attached hydrogen (secondary N) is 1. The van der Waals surface area contributed by atoms with Crippen molar-refractivity contribution in [1.82, 2.24) is 20.3 Å². The van der Waals surface area contributed by atoms with E-state index in [-0.39, 0.29) is 0 Å². The van der Waals surface area contributed by atoms with Crippen molar-refractivity contribution >= 4 is 11.6 Å². The molecule has 16 heavy (non-hydrogen) atoms. The van der Waals surface area contributed by atoms with E-state index in [1.165, 1.54) is 0 Å². The van der Waals surface area contributed by atoms with Crippen molar-refractivity contribution in [1.29, 1.82) is 0 Å². The number of hydrogen-bond acceptors (Lipinski definition) is 3. The van der Waals surface area contributed by atoms with Crippen LogP contribution in [0, 0.1) is 0 Å². The summed E-state index contributed by atoms with van der Waals surface area (Å²) in [6, 6.07) is 7.58. The average Bonchev–Trinajstić information content (AvgIpc) is 2.74. The Balaban J connectivity index is 2.29. The highest BCUT2D eigenvalue weighted by atomic mass is 35.5.